The van der Waals surface area contributed by atoms with Gasteiger partial charge in [-0.3, -0.25) is 4.79 Å². The molecule has 2 unspecified atom stereocenters. The molecule has 0 saturated carbocycles. The van der Waals surface area contributed by atoms with Crippen molar-refractivity contribution >= 4 is 29.3 Å². The van der Waals surface area contributed by atoms with Gasteiger partial charge in [0.15, 0.2) is 0 Å². The van der Waals surface area contributed by atoms with E-state index in [2.05, 4.69) is 16.7 Å². The van der Waals surface area contributed by atoms with E-state index in [0.29, 0.717) is 5.92 Å². The number of amides is 1. The summed E-state index contributed by atoms with van der Waals surface area (Å²) in [6.45, 7) is 3.94. The summed E-state index contributed by atoms with van der Waals surface area (Å²) in [5, 5.41) is 7.17. The molecule has 2 aliphatic rings. The maximum Gasteiger partial charge on any atom is 0.223 e. The van der Waals surface area contributed by atoms with Crippen LogP contribution in [0.1, 0.15) is 24.9 Å². The molecule has 3 rings (SSSR count). The van der Waals surface area contributed by atoms with Crippen LogP contribution in [-0.2, 0) is 4.79 Å². The van der Waals surface area contributed by atoms with Crippen molar-refractivity contribution in [2.24, 2.45) is 11.8 Å². The molecule has 2 heterocycles. The number of rotatable bonds is 3. The van der Waals surface area contributed by atoms with Crippen LogP contribution >= 0.6 is 23.4 Å². The molecule has 0 aromatic heterocycles. The van der Waals surface area contributed by atoms with Gasteiger partial charge in [-0.1, -0.05) is 18.5 Å². The number of thioether (sulfide) groups is 1. The van der Waals surface area contributed by atoms with Gasteiger partial charge in [-0.2, -0.15) is 0 Å². The number of halogens is 1. The number of carbonyl (C=O) groups is 1. The van der Waals surface area contributed by atoms with Gasteiger partial charge in [0.2, 0.25) is 5.91 Å². The lowest BCUT2D eigenvalue weighted by Crippen LogP contribution is -2.50. The van der Waals surface area contributed by atoms with E-state index in [-0.39, 0.29) is 17.9 Å². The standard InChI is InChI=1S/C15H19ClN2OS/c1-9(10-7-17-8-10)15(19)18-13-4-5-20-14-3-2-11(16)6-12(13)14/h2-3,6,9-10,13,17H,4-5,7-8H2,1H3,(H,18,19). The Labute approximate surface area is 128 Å². The number of benzene rings is 1. The average molecular weight is 311 g/mol. The van der Waals surface area contributed by atoms with E-state index < -0.39 is 0 Å². The van der Waals surface area contributed by atoms with Crippen molar-refractivity contribution in [2.45, 2.75) is 24.3 Å². The lowest BCUT2D eigenvalue weighted by atomic mass is 9.88. The van der Waals surface area contributed by atoms with E-state index in [1.807, 2.05) is 30.8 Å². The largest absolute Gasteiger partial charge is 0.349 e. The van der Waals surface area contributed by atoms with Crippen LogP contribution in [0, 0.1) is 11.8 Å². The van der Waals surface area contributed by atoms with Crippen molar-refractivity contribution in [1.29, 1.82) is 0 Å². The predicted molar refractivity (Wildman–Crippen MR) is 83.2 cm³/mol. The molecule has 108 valence electrons. The van der Waals surface area contributed by atoms with Gasteiger partial charge in [-0.15, -0.1) is 11.8 Å². The quantitative estimate of drug-likeness (QED) is 0.902. The van der Waals surface area contributed by atoms with Crippen LogP contribution in [0.3, 0.4) is 0 Å². The summed E-state index contributed by atoms with van der Waals surface area (Å²) in [6, 6.07) is 6.07. The van der Waals surface area contributed by atoms with Crippen LogP contribution in [0.15, 0.2) is 23.1 Å². The van der Waals surface area contributed by atoms with E-state index in [1.54, 1.807) is 0 Å². The van der Waals surface area contributed by atoms with Crippen LogP contribution in [0.5, 0.6) is 0 Å². The summed E-state index contributed by atoms with van der Waals surface area (Å²) in [6.07, 6.45) is 0.972. The zero-order valence-corrected chi connectivity index (χ0v) is 13.1. The van der Waals surface area contributed by atoms with Gasteiger partial charge < -0.3 is 10.6 Å². The van der Waals surface area contributed by atoms with Crippen molar-refractivity contribution in [3.63, 3.8) is 0 Å². The Bertz CT molecular complexity index is 519. The summed E-state index contributed by atoms with van der Waals surface area (Å²) >= 11 is 7.93. The van der Waals surface area contributed by atoms with E-state index >= 15 is 0 Å². The molecule has 1 aromatic rings. The zero-order chi connectivity index (χ0) is 14.1. The van der Waals surface area contributed by atoms with Crippen molar-refractivity contribution in [3.05, 3.63) is 28.8 Å². The Morgan fingerprint density at radius 2 is 2.30 bits per heavy atom. The van der Waals surface area contributed by atoms with E-state index in [9.17, 15) is 4.79 Å². The molecule has 5 heteroatoms. The van der Waals surface area contributed by atoms with Gasteiger partial charge in [0.05, 0.1) is 6.04 Å². The smallest absolute Gasteiger partial charge is 0.223 e. The first-order valence-corrected chi connectivity index (χ1v) is 8.45. The first-order chi connectivity index (χ1) is 9.65. The van der Waals surface area contributed by atoms with E-state index in [0.717, 1.165) is 30.3 Å². The first-order valence-electron chi connectivity index (χ1n) is 7.08. The minimum Gasteiger partial charge on any atom is -0.349 e. The lowest BCUT2D eigenvalue weighted by molar-refractivity contribution is -0.127. The van der Waals surface area contributed by atoms with Gasteiger partial charge >= 0.3 is 0 Å². The third kappa shape index (κ3) is 2.83. The first kappa shape index (κ1) is 14.2. The molecule has 0 bridgehead atoms. The molecule has 2 atom stereocenters. The second-order valence-electron chi connectivity index (χ2n) is 5.59. The van der Waals surface area contributed by atoms with Gasteiger partial charge in [0.25, 0.3) is 0 Å². The maximum atomic E-state index is 12.4. The van der Waals surface area contributed by atoms with Crippen LogP contribution in [0.4, 0.5) is 0 Å². The molecule has 1 aromatic carbocycles. The summed E-state index contributed by atoms with van der Waals surface area (Å²) in [4.78, 5) is 13.6. The average Bonchev–Trinajstić information content (AvgIpc) is 2.37. The Morgan fingerprint density at radius 1 is 1.50 bits per heavy atom. The Balaban J connectivity index is 1.72. The third-order valence-corrected chi connectivity index (χ3v) is 5.62. The lowest BCUT2D eigenvalue weighted by Gasteiger charge is -2.33. The molecule has 0 radical (unpaired) electrons. The van der Waals surface area contributed by atoms with Crippen LogP contribution in [0.2, 0.25) is 5.02 Å². The van der Waals surface area contributed by atoms with Gasteiger partial charge in [0.1, 0.15) is 0 Å². The maximum absolute atomic E-state index is 12.4. The monoisotopic (exact) mass is 310 g/mol. The second kappa shape index (κ2) is 5.96. The van der Waals surface area contributed by atoms with Gasteiger partial charge in [-0.25, -0.2) is 0 Å². The van der Waals surface area contributed by atoms with Crippen molar-refractivity contribution < 1.29 is 4.79 Å². The highest BCUT2D eigenvalue weighted by Crippen LogP contribution is 2.37. The Kier molecular flexibility index (Phi) is 4.24. The van der Waals surface area contributed by atoms with E-state index in [4.69, 9.17) is 11.6 Å². The molecule has 2 N–H and O–H groups in total. The number of nitrogens with one attached hydrogen (secondary N) is 2. The molecule has 3 nitrogen and oxygen atoms in total. The van der Waals surface area contributed by atoms with Crippen molar-refractivity contribution in [3.8, 4) is 0 Å². The molecule has 1 saturated heterocycles. The molecule has 1 amide bonds. The third-order valence-electron chi connectivity index (χ3n) is 4.26. The fraction of sp³-hybridized carbons (Fsp3) is 0.533. The number of hydrogen-bond donors (Lipinski definition) is 2. The normalized spacial score (nSPS) is 23.6. The molecule has 2 aliphatic heterocycles. The van der Waals surface area contributed by atoms with Crippen LogP contribution in [-0.4, -0.2) is 24.7 Å². The molecule has 0 spiro atoms. The number of carbonyl (C=O) groups excluding carboxylic acids is 1. The molecule has 1 fully saturated rings. The summed E-state index contributed by atoms with van der Waals surface area (Å²) in [7, 11) is 0. The highest BCUT2D eigenvalue weighted by molar-refractivity contribution is 7.99. The van der Waals surface area contributed by atoms with Crippen LogP contribution < -0.4 is 10.6 Å². The van der Waals surface area contributed by atoms with Gasteiger partial charge in [0, 0.05) is 21.6 Å². The topological polar surface area (TPSA) is 41.1 Å². The molecule has 20 heavy (non-hydrogen) atoms. The predicted octanol–water partition coefficient (Wildman–Crippen LogP) is 2.85. The van der Waals surface area contributed by atoms with Gasteiger partial charge in [-0.05, 0) is 49.2 Å². The Morgan fingerprint density at radius 3 is 3.00 bits per heavy atom. The summed E-state index contributed by atoms with van der Waals surface area (Å²) in [5.74, 6) is 1.76. The zero-order valence-electron chi connectivity index (χ0n) is 11.5. The van der Waals surface area contributed by atoms with Crippen LogP contribution in [0.25, 0.3) is 0 Å². The van der Waals surface area contributed by atoms with Crippen molar-refractivity contribution in [2.75, 3.05) is 18.8 Å². The highest BCUT2D eigenvalue weighted by atomic mass is 35.5. The fourth-order valence-electron chi connectivity index (χ4n) is 2.70. The summed E-state index contributed by atoms with van der Waals surface area (Å²) < 4.78 is 0. The molecular weight excluding hydrogens is 292 g/mol. The van der Waals surface area contributed by atoms with Crippen molar-refractivity contribution in [1.82, 2.24) is 10.6 Å². The fourth-order valence-corrected chi connectivity index (χ4v) is 3.98. The molecular formula is C15H19ClN2OS. The SMILES string of the molecule is CC(C(=O)NC1CCSc2ccc(Cl)cc21)C1CNC1. The number of fused-ring (bicyclic) bond motifs is 1. The highest BCUT2D eigenvalue weighted by Gasteiger charge is 2.31. The minimum absolute atomic E-state index is 0.0773. The number of hydrogen-bond acceptors (Lipinski definition) is 3. The molecule has 0 aliphatic carbocycles. The summed E-state index contributed by atoms with van der Waals surface area (Å²) in [5.41, 5.74) is 1.17. The minimum atomic E-state index is 0.0773. The van der Waals surface area contributed by atoms with E-state index in [1.165, 1.54) is 10.5 Å². The second-order valence-corrected chi connectivity index (χ2v) is 7.16. The Hall–Kier alpha value is -0.710.